The summed E-state index contributed by atoms with van der Waals surface area (Å²) in [4.78, 5) is 0. The smallest absolute Gasteiger partial charge is 0.123 e. The van der Waals surface area contributed by atoms with Crippen LogP contribution in [0.4, 0.5) is 4.39 Å². The van der Waals surface area contributed by atoms with E-state index in [-0.39, 0.29) is 5.82 Å². The van der Waals surface area contributed by atoms with E-state index in [0.29, 0.717) is 0 Å². The van der Waals surface area contributed by atoms with E-state index >= 15 is 0 Å². The molecule has 0 bridgehead atoms. The Balaban J connectivity index is 2.29. The first-order chi connectivity index (χ1) is 8.25. The molecule has 0 unspecified atom stereocenters. The van der Waals surface area contributed by atoms with Crippen molar-refractivity contribution in [3.63, 3.8) is 0 Å². The lowest BCUT2D eigenvalue weighted by atomic mass is 10.1. The highest BCUT2D eigenvalue weighted by atomic mass is 79.9. The van der Waals surface area contributed by atoms with E-state index in [1.54, 1.807) is 11.3 Å². The van der Waals surface area contributed by atoms with Gasteiger partial charge in [0.1, 0.15) is 5.82 Å². The molecule has 0 aliphatic rings. The van der Waals surface area contributed by atoms with Gasteiger partial charge in [-0.25, -0.2) is 4.39 Å². The highest BCUT2D eigenvalue weighted by Crippen LogP contribution is 2.41. The van der Waals surface area contributed by atoms with E-state index in [2.05, 4.69) is 28.1 Å². The van der Waals surface area contributed by atoms with Crippen LogP contribution in [0.25, 0.3) is 21.2 Å². The SMILES string of the molecule is Fc1ccc(-c2c(Br)sc3ccccc23)cc1. The number of rotatable bonds is 1. The Morgan fingerprint density at radius 1 is 0.941 bits per heavy atom. The van der Waals surface area contributed by atoms with Crippen molar-refractivity contribution in [1.29, 1.82) is 0 Å². The maximum absolute atomic E-state index is 12.9. The van der Waals surface area contributed by atoms with Crippen LogP contribution in [0.5, 0.6) is 0 Å². The second kappa shape index (κ2) is 4.24. The van der Waals surface area contributed by atoms with Gasteiger partial charge in [-0.1, -0.05) is 30.3 Å². The Morgan fingerprint density at radius 2 is 1.65 bits per heavy atom. The van der Waals surface area contributed by atoms with Gasteiger partial charge in [-0.3, -0.25) is 0 Å². The van der Waals surface area contributed by atoms with Gasteiger partial charge < -0.3 is 0 Å². The summed E-state index contributed by atoms with van der Waals surface area (Å²) in [5.74, 6) is -0.204. The van der Waals surface area contributed by atoms with Crippen molar-refractivity contribution in [2.45, 2.75) is 0 Å². The highest BCUT2D eigenvalue weighted by Gasteiger charge is 2.11. The Labute approximate surface area is 111 Å². The first kappa shape index (κ1) is 10.9. The van der Waals surface area contributed by atoms with E-state index in [1.165, 1.54) is 22.2 Å². The van der Waals surface area contributed by atoms with Crippen LogP contribution in [-0.2, 0) is 0 Å². The van der Waals surface area contributed by atoms with Gasteiger partial charge in [-0.2, -0.15) is 0 Å². The van der Waals surface area contributed by atoms with Crippen LogP contribution in [-0.4, -0.2) is 0 Å². The molecule has 1 heterocycles. The number of hydrogen-bond donors (Lipinski definition) is 0. The van der Waals surface area contributed by atoms with Crippen molar-refractivity contribution in [2.24, 2.45) is 0 Å². The number of benzene rings is 2. The Hall–Kier alpha value is -1.19. The Morgan fingerprint density at radius 3 is 2.41 bits per heavy atom. The summed E-state index contributed by atoms with van der Waals surface area (Å²) in [6.07, 6.45) is 0. The molecule has 0 aliphatic heterocycles. The normalized spacial score (nSPS) is 10.9. The summed E-state index contributed by atoms with van der Waals surface area (Å²) >= 11 is 5.29. The fourth-order valence-corrected chi connectivity index (χ4v) is 3.82. The van der Waals surface area contributed by atoms with Crippen LogP contribution in [0.1, 0.15) is 0 Å². The second-order valence-electron chi connectivity index (χ2n) is 3.75. The van der Waals surface area contributed by atoms with E-state index in [9.17, 15) is 4.39 Å². The highest BCUT2D eigenvalue weighted by molar-refractivity contribution is 9.11. The molecular formula is C14H8BrFS. The molecule has 0 saturated carbocycles. The molecule has 3 rings (SSSR count). The molecule has 17 heavy (non-hydrogen) atoms. The minimum Gasteiger partial charge on any atom is -0.207 e. The summed E-state index contributed by atoms with van der Waals surface area (Å²) in [6.45, 7) is 0. The van der Waals surface area contributed by atoms with Crippen LogP contribution in [0.3, 0.4) is 0 Å². The molecule has 2 aromatic carbocycles. The van der Waals surface area contributed by atoms with Crippen LogP contribution in [0.15, 0.2) is 52.3 Å². The topological polar surface area (TPSA) is 0 Å². The van der Waals surface area contributed by atoms with Crippen LogP contribution >= 0.6 is 27.3 Å². The van der Waals surface area contributed by atoms with Crippen LogP contribution < -0.4 is 0 Å². The van der Waals surface area contributed by atoms with Crippen molar-refractivity contribution in [1.82, 2.24) is 0 Å². The molecule has 1 aromatic heterocycles. The first-order valence-electron chi connectivity index (χ1n) is 5.18. The quantitative estimate of drug-likeness (QED) is 0.559. The van der Waals surface area contributed by atoms with Crippen molar-refractivity contribution >= 4 is 37.4 Å². The molecule has 3 heteroatoms. The minimum atomic E-state index is -0.204. The van der Waals surface area contributed by atoms with Gasteiger partial charge >= 0.3 is 0 Å². The van der Waals surface area contributed by atoms with Gasteiger partial charge in [0, 0.05) is 15.6 Å². The molecule has 0 fully saturated rings. The molecule has 0 radical (unpaired) electrons. The van der Waals surface area contributed by atoms with Crippen LogP contribution in [0.2, 0.25) is 0 Å². The minimum absolute atomic E-state index is 0.204. The third-order valence-electron chi connectivity index (χ3n) is 2.69. The maximum Gasteiger partial charge on any atom is 0.123 e. The largest absolute Gasteiger partial charge is 0.207 e. The van der Waals surface area contributed by atoms with Crippen molar-refractivity contribution in [3.05, 3.63) is 58.1 Å². The summed E-state index contributed by atoms with van der Waals surface area (Å²) in [7, 11) is 0. The predicted molar refractivity (Wildman–Crippen MR) is 74.9 cm³/mol. The second-order valence-corrected chi connectivity index (χ2v) is 6.12. The van der Waals surface area contributed by atoms with Gasteiger partial charge in [-0.05, 0) is 39.7 Å². The third kappa shape index (κ3) is 1.90. The van der Waals surface area contributed by atoms with Gasteiger partial charge in [0.2, 0.25) is 0 Å². The molecule has 84 valence electrons. The predicted octanol–water partition coefficient (Wildman–Crippen LogP) is 5.47. The molecule has 3 aromatic rings. The van der Waals surface area contributed by atoms with E-state index < -0.39 is 0 Å². The number of thiophene rings is 1. The van der Waals surface area contributed by atoms with Crippen molar-refractivity contribution in [3.8, 4) is 11.1 Å². The molecule has 0 nitrogen and oxygen atoms in total. The van der Waals surface area contributed by atoms with E-state index in [0.717, 1.165) is 14.9 Å². The molecule has 0 N–H and O–H groups in total. The Bertz CT molecular complexity index is 670. The third-order valence-corrected chi connectivity index (χ3v) is 4.53. The average molecular weight is 307 g/mol. The average Bonchev–Trinajstić information content (AvgIpc) is 2.66. The van der Waals surface area contributed by atoms with Crippen molar-refractivity contribution in [2.75, 3.05) is 0 Å². The molecular weight excluding hydrogens is 299 g/mol. The summed E-state index contributed by atoms with van der Waals surface area (Å²) in [6, 6.07) is 14.9. The standard InChI is InChI=1S/C14H8BrFS/c15-14-13(9-5-7-10(16)8-6-9)11-3-1-2-4-12(11)17-14/h1-8H. The Kier molecular flexibility index (Phi) is 2.73. The van der Waals surface area contributed by atoms with Gasteiger partial charge in [0.25, 0.3) is 0 Å². The molecule has 0 amide bonds. The number of hydrogen-bond acceptors (Lipinski definition) is 1. The zero-order valence-electron chi connectivity index (χ0n) is 8.78. The lowest BCUT2D eigenvalue weighted by molar-refractivity contribution is 0.628. The van der Waals surface area contributed by atoms with E-state index in [4.69, 9.17) is 0 Å². The van der Waals surface area contributed by atoms with Crippen molar-refractivity contribution < 1.29 is 4.39 Å². The fraction of sp³-hybridized carbons (Fsp3) is 0. The van der Waals surface area contributed by atoms with E-state index in [1.807, 2.05) is 24.3 Å². The van der Waals surface area contributed by atoms with Gasteiger partial charge in [-0.15, -0.1) is 11.3 Å². The molecule has 0 atom stereocenters. The maximum atomic E-state index is 12.9. The van der Waals surface area contributed by atoms with Crippen LogP contribution in [0, 0.1) is 5.82 Å². The fourth-order valence-electron chi connectivity index (χ4n) is 1.90. The summed E-state index contributed by atoms with van der Waals surface area (Å²) in [5, 5.41) is 1.20. The van der Waals surface area contributed by atoms with Gasteiger partial charge in [0.15, 0.2) is 0 Å². The molecule has 0 aliphatic carbocycles. The first-order valence-corrected chi connectivity index (χ1v) is 6.79. The van der Waals surface area contributed by atoms with Gasteiger partial charge in [0.05, 0.1) is 3.79 Å². The number of halogens is 2. The zero-order valence-corrected chi connectivity index (χ0v) is 11.2. The zero-order chi connectivity index (χ0) is 11.8. The number of fused-ring (bicyclic) bond motifs is 1. The summed E-state index contributed by atoms with van der Waals surface area (Å²) < 4.78 is 15.3. The lowest BCUT2D eigenvalue weighted by Gasteiger charge is -2.01. The summed E-state index contributed by atoms with van der Waals surface area (Å²) in [5.41, 5.74) is 2.18. The monoisotopic (exact) mass is 306 g/mol. The molecule has 0 spiro atoms. The molecule has 0 saturated heterocycles. The lowest BCUT2D eigenvalue weighted by Crippen LogP contribution is -1.78.